The molecule has 0 aliphatic rings. The SMILES string of the molecule is COc1ccc(OC)c(C(O)COc2ccccc2Cl)c1. The van der Waals surface area contributed by atoms with Crippen LogP contribution < -0.4 is 14.2 Å². The summed E-state index contributed by atoms with van der Waals surface area (Å²) >= 11 is 6.01. The lowest BCUT2D eigenvalue weighted by Crippen LogP contribution is -2.11. The standard InChI is InChI=1S/C16H17ClO4/c1-19-11-7-8-15(20-2)12(9-11)14(18)10-21-16-6-4-3-5-13(16)17/h3-9,14,18H,10H2,1-2H3. The third-order valence-electron chi connectivity index (χ3n) is 3.03. The number of ether oxygens (including phenoxy) is 3. The Kier molecular flexibility index (Phi) is 5.31. The molecule has 0 amide bonds. The van der Waals surface area contributed by atoms with Crippen molar-refractivity contribution >= 4 is 11.6 Å². The fourth-order valence-corrected chi connectivity index (χ4v) is 2.11. The molecule has 0 saturated heterocycles. The minimum atomic E-state index is -0.855. The Hall–Kier alpha value is -1.91. The second kappa shape index (κ2) is 7.20. The van der Waals surface area contributed by atoms with E-state index >= 15 is 0 Å². The van der Waals surface area contributed by atoms with Crippen LogP contribution in [0, 0.1) is 0 Å². The Labute approximate surface area is 128 Å². The second-order valence-electron chi connectivity index (χ2n) is 4.37. The van der Waals surface area contributed by atoms with Gasteiger partial charge in [0.05, 0.1) is 19.2 Å². The Balaban J connectivity index is 2.13. The van der Waals surface area contributed by atoms with Gasteiger partial charge in [-0.05, 0) is 30.3 Å². The van der Waals surface area contributed by atoms with E-state index in [-0.39, 0.29) is 6.61 Å². The zero-order chi connectivity index (χ0) is 15.2. The van der Waals surface area contributed by atoms with Crippen LogP contribution in [0.5, 0.6) is 17.2 Å². The summed E-state index contributed by atoms with van der Waals surface area (Å²) in [5.74, 6) is 1.74. The molecule has 0 fully saturated rings. The van der Waals surface area contributed by atoms with Crippen molar-refractivity contribution in [1.29, 1.82) is 0 Å². The van der Waals surface area contributed by atoms with Gasteiger partial charge in [-0.1, -0.05) is 23.7 Å². The van der Waals surface area contributed by atoms with Crippen LogP contribution in [-0.2, 0) is 0 Å². The maximum atomic E-state index is 10.3. The molecule has 112 valence electrons. The van der Waals surface area contributed by atoms with Gasteiger partial charge in [-0.25, -0.2) is 0 Å². The summed E-state index contributed by atoms with van der Waals surface area (Å²) in [5.41, 5.74) is 0.601. The van der Waals surface area contributed by atoms with E-state index in [0.717, 1.165) is 0 Å². The molecular formula is C16H17ClO4. The first-order valence-corrected chi connectivity index (χ1v) is 6.80. The first-order valence-electron chi connectivity index (χ1n) is 6.43. The van der Waals surface area contributed by atoms with Gasteiger partial charge in [-0.15, -0.1) is 0 Å². The Morgan fingerprint density at radius 1 is 1.05 bits per heavy atom. The third-order valence-corrected chi connectivity index (χ3v) is 3.34. The number of para-hydroxylation sites is 1. The number of hydrogen-bond acceptors (Lipinski definition) is 4. The van der Waals surface area contributed by atoms with Crippen molar-refractivity contribution in [2.24, 2.45) is 0 Å². The lowest BCUT2D eigenvalue weighted by molar-refractivity contribution is 0.105. The molecule has 0 aliphatic carbocycles. The average molecular weight is 309 g/mol. The molecule has 2 rings (SSSR count). The summed E-state index contributed by atoms with van der Waals surface area (Å²) in [6.45, 7) is 0.0628. The first-order chi connectivity index (χ1) is 10.2. The van der Waals surface area contributed by atoms with E-state index < -0.39 is 6.10 Å². The Morgan fingerprint density at radius 3 is 2.48 bits per heavy atom. The molecule has 4 nitrogen and oxygen atoms in total. The fraction of sp³-hybridized carbons (Fsp3) is 0.250. The van der Waals surface area contributed by atoms with E-state index in [4.69, 9.17) is 25.8 Å². The largest absolute Gasteiger partial charge is 0.497 e. The molecule has 0 bridgehead atoms. The molecule has 0 saturated carbocycles. The van der Waals surface area contributed by atoms with Crippen LogP contribution in [-0.4, -0.2) is 25.9 Å². The van der Waals surface area contributed by atoms with Gasteiger partial charge in [-0.2, -0.15) is 0 Å². The van der Waals surface area contributed by atoms with Gasteiger partial charge >= 0.3 is 0 Å². The molecule has 0 aliphatic heterocycles. The van der Waals surface area contributed by atoms with Crippen LogP contribution in [0.4, 0.5) is 0 Å². The molecule has 5 heteroatoms. The van der Waals surface area contributed by atoms with E-state index in [1.807, 2.05) is 12.1 Å². The van der Waals surface area contributed by atoms with Crippen molar-refractivity contribution in [3.05, 3.63) is 53.1 Å². The monoisotopic (exact) mass is 308 g/mol. The number of hydrogen-bond donors (Lipinski definition) is 1. The molecular weight excluding hydrogens is 292 g/mol. The summed E-state index contributed by atoms with van der Waals surface area (Å²) in [5, 5.41) is 10.8. The highest BCUT2D eigenvalue weighted by atomic mass is 35.5. The third kappa shape index (κ3) is 3.80. The molecule has 0 spiro atoms. The summed E-state index contributed by atoms with van der Waals surface area (Å²) in [6.07, 6.45) is -0.855. The lowest BCUT2D eigenvalue weighted by Gasteiger charge is -2.17. The van der Waals surface area contributed by atoms with Crippen LogP contribution >= 0.6 is 11.6 Å². The highest BCUT2D eigenvalue weighted by molar-refractivity contribution is 6.32. The van der Waals surface area contributed by atoms with E-state index in [0.29, 0.717) is 27.8 Å². The van der Waals surface area contributed by atoms with Crippen LogP contribution in [0.2, 0.25) is 5.02 Å². The highest BCUT2D eigenvalue weighted by Crippen LogP contribution is 2.30. The molecule has 0 aromatic heterocycles. The molecule has 1 unspecified atom stereocenters. The maximum Gasteiger partial charge on any atom is 0.138 e. The van der Waals surface area contributed by atoms with Crippen molar-refractivity contribution in [3.8, 4) is 17.2 Å². The minimum absolute atomic E-state index is 0.0628. The quantitative estimate of drug-likeness (QED) is 0.887. The van der Waals surface area contributed by atoms with Crippen LogP contribution in [0.25, 0.3) is 0 Å². The van der Waals surface area contributed by atoms with Crippen molar-refractivity contribution in [2.75, 3.05) is 20.8 Å². The summed E-state index contributed by atoms with van der Waals surface area (Å²) in [7, 11) is 3.12. The van der Waals surface area contributed by atoms with E-state index in [2.05, 4.69) is 0 Å². The molecule has 2 aromatic rings. The molecule has 0 radical (unpaired) electrons. The van der Waals surface area contributed by atoms with Crippen molar-refractivity contribution < 1.29 is 19.3 Å². The number of benzene rings is 2. The zero-order valence-electron chi connectivity index (χ0n) is 11.9. The van der Waals surface area contributed by atoms with Gasteiger partial charge in [0.1, 0.15) is 30.0 Å². The number of aliphatic hydroxyl groups excluding tert-OH is 1. The topological polar surface area (TPSA) is 47.9 Å². The van der Waals surface area contributed by atoms with Crippen LogP contribution in [0.3, 0.4) is 0 Å². The van der Waals surface area contributed by atoms with Crippen molar-refractivity contribution in [2.45, 2.75) is 6.10 Å². The predicted molar refractivity (Wildman–Crippen MR) is 81.5 cm³/mol. The predicted octanol–water partition coefficient (Wildman–Crippen LogP) is 3.47. The molecule has 2 aromatic carbocycles. The number of aliphatic hydroxyl groups is 1. The maximum absolute atomic E-state index is 10.3. The van der Waals surface area contributed by atoms with Gasteiger partial charge < -0.3 is 19.3 Å². The zero-order valence-corrected chi connectivity index (χ0v) is 12.6. The molecule has 0 heterocycles. The van der Waals surface area contributed by atoms with Gasteiger partial charge in [0.15, 0.2) is 0 Å². The Morgan fingerprint density at radius 2 is 1.81 bits per heavy atom. The number of methoxy groups -OCH3 is 2. The summed E-state index contributed by atoms with van der Waals surface area (Å²) in [4.78, 5) is 0. The van der Waals surface area contributed by atoms with Crippen molar-refractivity contribution in [1.82, 2.24) is 0 Å². The van der Waals surface area contributed by atoms with E-state index in [1.165, 1.54) is 0 Å². The van der Waals surface area contributed by atoms with Crippen molar-refractivity contribution in [3.63, 3.8) is 0 Å². The molecule has 1 N–H and O–H groups in total. The molecule has 21 heavy (non-hydrogen) atoms. The normalized spacial score (nSPS) is 11.8. The Bertz CT molecular complexity index is 601. The highest BCUT2D eigenvalue weighted by Gasteiger charge is 2.16. The van der Waals surface area contributed by atoms with Gasteiger partial charge in [0.2, 0.25) is 0 Å². The van der Waals surface area contributed by atoms with Crippen LogP contribution in [0.15, 0.2) is 42.5 Å². The fourth-order valence-electron chi connectivity index (χ4n) is 1.92. The van der Waals surface area contributed by atoms with Gasteiger partial charge in [0.25, 0.3) is 0 Å². The van der Waals surface area contributed by atoms with Gasteiger partial charge in [0, 0.05) is 5.56 Å². The number of rotatable bonds is 6. The van der Waals surface area contributed by atoms with Gasteiger partial charge in [-0.3, -0.25) is 0 Å². The summed E-state index contributed by atoms with van der Waals surface area (Å²) in [6, 6.07) is 12.3. The second-order valence-corrected chi connectivity index (χ2v) is 4.77. The lowest BCUT2D eigenvalue weighted by atomic mass is 10.1. The summed E-state index contributed by atoms with van der Waals surface area (Å²) < 4.78 is 16.0. The average Bonchev–Trinajstić information content (AvgIpc) is 2.53. The smallest absolute Gasteiger partial charge is 0.138 e. The van der Waals surface area contributed by atoms with E-state index in [9.17, 15) is 5.11 Å². The number of halogens is 1. The van der Waals surface area contributed by atoms with E-state index in [1.54, 1.807) is 44.6 Å². The van der Waals surface area contributed by atoms with Crippen LogP contribution in [0.1, 0.15) is 11.7 Å². The molecule has 1 atom stereocenters. The minimum Gasteiger partial charge on any atom is -0.497 e. The first kappa shape index (κ1) is 15.5.